The average molecular weight is 640 g/mol. The lowest BCUT2D eigenvalue weighted by Gasteiger charge is -2.18. The zero-order valence-electron chi connectivity index (χ0n) is 28.0. The first kappa shape index (κ1) is 29.2. The van der Waals surface area contributed by atoms with Gasteiger partial charge in [0, 0.05) is 21.5 Å². The summed E-state index contributed by atoms with van der Waals surface area (Å²) in [7, 11) is 0. The van der Waals surface area contributed by atoms with E-state index in [1.807, 2.05) is 120 Å². The Balaban J connectivity index is 1.44. The Labute approximate surface area is 279 Å². The van der Waals surface area contributed by atoms with Crippen molar-refractivity contribution in [1.29, 1.82) is 0 Å². The van der Waals surface area contributed by atoms with E-state index < -0.39 is 0 Å². The van der Waals surface area contributed by atoms with Crippen molar-refractivity contribution in [3.05, 3.63) is 154 Å². The van der Waals surface area contributed by atoms with Crippen LogP contribution in [0.3, 0.4) is 0 Å². The second-order valence-electron chi connectivity index (χ2n) is 13.8. The van der Waals surface area contributed by atoms with Crippen LogP contribution in [0.4, 0.5) is 0 Å². The summed E-state index contributed by atoms with van der Waals surface area (Å²) in [4.78, 5) is 57.1. The third kappa shape index (κ3) is 3.74. The fraction of sp³-hybridized carbons (Fsp3) is 0.140. The van der Waals surface area contributed by atoms with Gasteiger partial charge in [-0.1, -0.05) is 81.2 Å². The summed E-state index contributed by atoms with van der Waals surface area (Å²) in [5, 5.41) is 8.15. The maximum Gasteiger partial charge on any atom is 0.265 e. The zero-order valence-corrected chi connectivity index (χ0v) is 28.0. The number of aromatic nitrogens is 2. The molecule has 0 aliphatic carbocycles. The highest BCUT2D eigenvalue weighted by Crippen LogP contribution is 2.40. The highest BCUT2D eigenvalue weighted by Gasteiger charge is 2.21. The van der Waals surface area contributed by atoms with Gasteiger partial charge in [0.15, 0.2) is 0 Å². The third-order valence-corrected chi connectivity index (χ3v) is 10.4. The summed E-state index contributed by atoms with van der Waals surface area (Å²) < 4.78 is 2.65. The van der Waals surface area contributed by atoms with Gasteiger partial charge in [-0.05, 0) is 86.7 Å². The Morgan fingerprint density at radius 3 is 1.00 bits per heavy atom. The molecule has 2 aromatic heterocycles. The lowest BCUT2D eigenvalue weighted by Crippen LogP contribution is -2.33. The van der Waals surface area contributed by atoms with Crippen LogP contribution in [-0.2, 0) is 0 Å². The van der Waals surface area contributed by atoms with E-state index in [4.69, 9.17) is 0 Å². The first-order valence-electron chi connectivity index (χ1n) is 16.4. The van der Waals surface area contributed by atoms with Crippen LogP contribution in [-0.4, -0.2) is 9.13 Å². The number of hydrogen-bond acceptors (Lipinski definition) is 4. The van der Waals surface area contributed by atoms with Crippen LogP contribution >= 0.6 is 0 Å². The Morgan fingerprint density at radius 1 is 0.388 bits per heavy atom. The molecule has 0 atom stereocenters. The minimum atomic E-state index is -0.354. The molecule has 0 saturated heterocycles. The highest BCUT2D eigenvalue weighted by atomic mass is 16.2. The maximum absolute atomic E-state index is 14.3. The molecule has 6 heteroatoms. The molecule has 0 saturated carbocycles. The molecule has 0 fully saturated rings. The molecular weight excluding hydrogens is 608 g/mol. The molecular formula is C43H31N2O4-. The topological polar surface area (TPSA) is 78.1 Å². The first-order chi connectivity index (χ1) is 23.5. The SMILES string of the molecule is Cc1cc(C)c(-n2c(=O)c3ccc4[cH-]c5ccc6c(=O)n(-c7c(C)cc(C)cc7C)c(=O)c7ccc(c8ccc(c2=O)c3c48)c5c67)c(C)c1. The van der Waals surface area contributed by atoms with Crippen LogP contribution in [0, 0.1) is 41.5 Å². The molecule has 0 N–H and O–H groups in total. The van der Waals surface area contributed by atoms with E-state index >= 15 is 0 Å². The predicted octanol–water partition coefficient (Wildman–Crippen LogP) is 8.07. The van der Waals surface area contributed by atoms with Crippen LogP contribution in [0.2, 0.25) is 0 Å². The van der Waals surface area contributed by atoms with Crippen LogP contribution < -0.4 is 22.2 Å². The van der Waals surface area contributed by atoms with Gasteiger partial charge in [0.25, 0.3) is 22.2 Å². The van der Waals surface area contributed by atoms with Crippen molar-refractivity contribution >= 4 is 64.6 Å². The van der Waals surface area contributed by atoms with Crippen LogP contribution in [0.15, 0.2) is 98.0 Å². The fourth-order valence-corrected chi connectivity index (χ4v) is 8.74. The first-order valence-corrected chi connectivity index (χ1v) is 16.4. The standard InChI is InChI=1S/C43H31N2O4/c1-20-15-22(3)38(23(4)16-20)44-40(46)30-9-7-26-19-27-8-10-31-37-33(43(49)45(41(31)47)39-24(5)17-21(2)18-25(39)6)14-12-29(35(27)37)28-11-13-32(42(44)48)36(30)34(26)28/h7-19H,1-6H3/q-1. The van der Waals surface area contributed by atoms with Crippen molar-refractivity contribution < 1.29 is 0 Å². The number of benzene rings is 6. The maximum atomic E-state index is 14.3. The van der Waals surface area contributed by atoms with E-state index in [1.54, 1.807) is 0 Å². The van der Waals surface area contributed by atoms with Gasteiger partial charge in [-0.15, -0.1) is 29.0 Å². The summed E-state index contributed by atoms with van der Waals surface area (Å²) in [5.41, 5.74) is 5.42. The molecule has 0 aliphatic rings. The molecule has 7 aromatic carbocycles. The van der Waals surface area contributed by atoms with Gasteiger partial charge in [-0.2, -0.15) is 0 Å². The Kier molecular flexibility index (Phi) is 5.81. The lowest BCUT2D eigenvalue weighted by molar-refractivity contribution is 0.944. The van der Waals surface area contributed by atoms with Gasteiger partial charge in [-0.3, -0.25) is 19.2 Å². The summed E-state index contributed by atoms with van der Waals surface area (Å²) in [5.74, 6) is 0. The Morgan fingerprint density at radius 2 is 0.673 bits per heavy atom. The minimum Gasteiger partial charge on any atom is -0.268 e. The summed E-state index contributed by atoms with van der Waals surface area (Å²) in [6.07, 6.45) is 0. The van der Waals surface area contributed by atoms with Gasteiger partial charge in [-0.25, -0.2) is 9.13 Å². The van der Waals surface area contributed by atoms with Crippen LogP contribution in [0.25, 0.3) is 76.0 Å². The van der Waals surface area contributed by atoms with Crippen molar-refractivity contribution in [2.45, 2.75) is 41.5 Å². The molecule has 0 radical (unpaired) electrons. The Hall–Kier alpha value is -6.01. The summed E-state index contributed by atoms with van der Waals surface area (Å²) in [6.45, 7) is 11.7. The quantitative estimate of drug-likeness (QED) is 0.179. The number of hydrogen-bond donors (Lipinski definition) is 0. The zero-order chi connectivity index (χ0) is 34.2. The normalized spacial score (nSPS) is 12.2. The molecule has 2 heterocycles. The van der Waals surface area contributed by atoms with E-state index in [2.05, 4.69) is 0 Å². The van der Waals surface area contributed by atoms with Gasteiger partial charge >= 0.3 is 0 Å². The van der Waals surface area contributed by atoms with Crippen molar-refractivity contribution in [1.82, 2.24) is 9.13 Å². The molecule has 0 aliphatic heterocycles. The number of aryl methyl sites for hydroxylation is 6. The van der Waals surface area contributed by atoms with Gasteiger partial charge < -0.3 is 0 Å². The van der Waals surface area contributed by atoms with Crippen molar-refractivity contribution in [3.8, 4) is 11.4 Å². The lowest BCUT2D eigenvalue weighted by atomic mass is 9.94. The predicted molar refractivity (Wildman–Crippen MR) is 202 cm³/mol. The molecule has 0 amide bonds. The molecule has 9 aromatic rings. The number of rotatable bonds is 2. The number of pyridine rings is 2. The molecule has 9 rings (SSSR count). The number of fused-ring (bicyclic) bond motifs is 1. The molecule has 6 nitrogen and oxygen atoms in total. The molecule has 49 heavy (non-hydrogen) atoms. The van der Waals surface area contributed by atoms with Crippen LogP contribution in [0.1, 0.15) is 33.4 Å². The molecule has 0 bridgehead atoms. The van der Waals surface area contributed by atoms with E-state index in [0.717, 1.165) is 65.7 Å². The molecule has 0 unspecified atom stereocenters. The van der Waals surface area contributed by atoms with E-state index in [0.29, 0.717) is 43.7 Å². The highest BCUT2D eigenvalue weighted by molar-refractivity contribution is 6.33. The Bertz CT molecular complexity index is 2870. The average Bonchev–Trinajstić information content (AvgIpc) is 3.19. The fourth-order valence-electron chi connectivity index (χ4n) is 8.74. The van der Waals surface area contributed by atoms with Gasteiger partial charge in [0.05, 0.1) is 11.4 Å². The molecule has 0 spiro atoms. The van der Waals surface area contributed by atoms with Crippen molar-refractivity contribution in [2.24, 2.45) is 0 Å². The smallest absolute Gasteiger partial charge is 0.265 e. The number of nitrogens with zero attached hydrogens (tertiary/aromatic N) is 2. The van der Waals surface area contributed by atoms with Crippen molar-refractivity contribution in [2.75, 3.05) is 0 Å². The second-order valence-corrected chi connectivity index (χ2v) is 13.8. The van der Waals surface area contributed by atoms with E-state index in [-0.39, 0.29) is 22.2 Å². The largest absolute Gasteiger partial charge is 0.268 e. The monoisotopic (exact) mass is 639 g/mol. The minimum absolute atomic E-state index is 0.354. The van der Waals surface area contributed by atoms with E-state index in [1.165, 1.54) is 9.13 Å². The van der Waals surface area contributed by atoms with Gasteiger partial charge in [0.1, 0.15) is 0 Å². The summed E-state index contributed by atoms with van der Waals surface area (Å²) in [6, 6.07) is 25.0. The van der Waals surface area contributed by atoms with E-state index in [9.17, 15) is 19.2 Å². The molecule has 238 valence electrons. The third-order valence-electron chi connectivity index (χ3n) is 10.4. The summed E-state index contributed by atoms with van der Waals surface area (Å²) >= 11 is 0. The second kappa shape index (κ2) is 9.77. The van der Waals surface area contributed by atoms with Gasteiger partial charge in [0.2, 0.25) is 0 Å². The van der Waals surface area contributed by atoms with Crippen LogP contribution in [0.5, 0.6) is 0 Å². The van der Waals surface area contributed by atoms with Crippen molar-refractivity contribution in [3.63, 3.8) is 0 Å².